The van der Waals surface area contributed by atoms with E-state index in [4.69, 9.17) is 11.6 Å². The molecule has 0 aliphatic carbocycles. The third-order valence-electron chi connectivity index (χ3n) is 3.91. The maximum Gasteiger partial charge on any atom is 0.334 e. The summed E-state index contributed by atoms with van der Waals surface area (Å²) < 4.78 is 17.9. The highest BCUT2D eigenvalue weighted by Crippen LogP contribution is 2.23. The second-order valence-electron chi connectivity index (χ2n) is 5.33. The number of methoxy groups -OCH3 is 1. The summed E-state index contributed by atoms with van der Waals surface area (Å²) in [6.07, 6.45) is 0.378. The van der Waals surface area contributed by atoms with E-state index in [0.29, 0.717) is 19.4 Å². The number of piperidine rings is 1. The summed E-state index contributed by atoms with van der Waals surface area (Å²) in [6, 6.07) is 4.80. The number of aliphatic hydroxyl groups is 1. The number of rotatable bonds is 4. The van der Waals surface area contributed by atoms with Gasteiger partial charge in [0.25, 0.3) is 0 Å². The minimum absolute atomic E-state index is 0.0735. The van der Waals surface area contributed by atoms with E-state index in [1.807, 2.05) is 0 Å². The van der Waals surface area contributed by atoms with E-state index >= 15 is 0 Å². The van der Waals surface area contributed by atoms with Crippen LogP contribution in [0.5, 0.6) is 0 Å². The summed E-state index contributed by atoms with van der Waals surface area (Å²) >= 11 is 5.66. The zero-order chi connectivity index (χ0) is 15.4. The number of ether oxygens (including phenoxy) is 1. The third kappa shape index (κ3) is 4.15. The molecule has 1 aliphatic rings. The molecule has 4 nitrogen and oxygen atoms in total. The fourth-order valence-electron chi connectivity index (χ4n) is 2.64. The summed E-state index contributed by atoms with van der Waals surface area (Å²) in [6.45, 7) is 2.14. The van der Waals surface area contributed by atoms with Crippen LogP contribution in [-0.2, 0) is 16.1 Å². The van der Waals surface area contributed by atoms with E-state index in [0.717, 1.165) is 18.7 Å². The Morgan fingerprint density at radius 3 is 2.76 bits per heavy atom. The summed E-state index contributed by atoms with van der Waals surface area (Å²) in [5, 5.41) is 9.95. The summed E-state index contributed by atoms with van der Waals surface area (Å²) in [5.41, 5.74) is 0.865. The summed E-state index contributed by atoms with van der Waals surface area (Å²) in [7, 11) is 1.27. The Bertz CT molecular complexity index is 504. The number of likely N-dealkylation sites (tertiary alicyclic amines) is 1. The Morgan fingerprint density at radius 1 is 1.52 bits per heavy atom. The molecule has 1 atom stereocenters. The topological polar surface area (TPSA) is 49.8 Å². The first kappa shape index (κ1) is 16.2. The molecule has 1 aromatic rings. The van der Waals surface area contributed by atoms with Crippen LogP contribution in [0.2, 0.25) is 5.02 Å². The number of benzene rings is 1. The van der Waals surface area contributed by atoms with E-state index < -0.39 is 17.9 Å². The standard InChI is InChI=1S/C15H19ClFNO3/c1-21-15(20)14(19)11-4-6-18(7-5-11)9-10-2-3-12(16)13(17)8-10/h2-3,8,11,14,19H,4-7,9H2,1H3/t14-/m1/s1. The third-order valence-corrected chi connectivity index (χ3v) is 4.22. The Balaban J connectivity index is 1.86. The molecule has 1 heterocycles. The molecule has 2 rings (SSSR count). The van der Waals surface area contributed by atoms with Crippen molar-refractivity contribution in [3.8, 4) is 0 Å². The number of carbonyl (C=O) groups excluding carboxylic acids is 1. The molecule has 0 bridgehead atoms. The Labute approximate surface area is 128 Å². The molecule has 1 aromatic carbocycles. The molecule has 1 saturated heterocycles. The Morgan fingerprint density at radius 2 is 2.19 bits per heavy atom. The molecule has 0 radical (unpaired) electrons. The zero-order valence-electron chi connectivity index (χ0n) is 11.9. The van der Waals surface area contributed by atoms with Crippen molar-refractivity contribution in [1.29, 1.82) is 0 Å². The highest BCUT2D eigenvalue weighted by atomic mass is 35.5. The number of carbonyl (C=O) groups is 1. The first-order chi connectivity index (χ1) is 10.0. The number of hydrogen-bond acceptors (Lipinski definition) is 4. The Kier molecular flexibility index (Phi) is 5.56. The quantitative estimate of drug-likeness (QED) is 0.866. The second kappa shape index (κ2) is 7.20. The smallest absolute Gasteiger partial charge is 0.334 e. The van der Waals surface area contributed by atoms with Crippen molar-refractivity contribution >= 4 is 17.6 Å². The number of hydrogen-bond donors (Lipinski definition) is 1. The van der Waals surface area contributed by atoms with E-state index in [1.165, 1.54) is 13.2 Å². The maximum atomic E-state index is 13.4. The van der Waals surface area contributed by atoms with Crippen LogP contribution in [0.1, 0.15) is 18.4 Å². The molecule has 0 spiro atoms. The van der Waals surface area contributed by atoms with Gasteiger partial charge in [-0.1, -0.05) is 17.7 Å². The normalized spacial score (nSPS) is 18.5. The number of esters is 1. The molecule has 0 saturated carbocycles. The molecular formula is C15H19ClFNO3. The van der Waals surface area contributed by atoms with Crippen molar-refractivity contribution < 1.29 is 19.0 Å². The fourth-order valence-corrected chi connectivity index (χ4v) is 2.75. The molecule has 1 N–H and O–H groups in total. The predicted molar refractivity (Wildman–Crippen MR) is 77.4 cm³/mol. The molecule has 1 aliphatic heterocycles. The average molecular weight is 316 g/mol. The lowest BCUT2D eigenvalue weighted by molar-refractivity contribution is -0.154. The average Bonchev–Trinajstić information content (AvgIpc) is 2.50. The van der Waals surface area contributed by atoms with E-state index in [1.54, 1.807) is 12.1 Å². The lowest BCUT2D eigenvalue weighted by atomic mass is 9.91. The monoisotopic (exact) mass is 315 g/mol. The van der Waals surface area contributed by atoms with Gasteiger partial charge >= 0.3 is 5.97 Å². The highest BCUT2D eigenvalue weighted by Gasteiger charge is 2.30. The molecule has 0 unspecified atom stereocenters. The number of nitrogens with zero attached hydrogens (tertiary/aromatic N) is 1. The van der Waals surface area contributed by atoms with Gasteiger partial charge in [-0.3, -0.25) is 4.90 Å². The minimum atomic E-state index is -1.05. The fraction of sp³-hybridized carbons (Fsp3) is 0.533. The minimum Gasteiger partial charge on any atom is -0.467 e. The van der Waals surface area contributed by atoms with Gasteiger partial charge in [-0.25, -0.2) is 9.18 Å². The van der Waals surface area contributed by atoms with Crippen LogP contribution < -0.4 is 0 Å². The van der Waals surface area contributed by atoms with Gasteiger partial charge in [0.05, 0.1) is 12.1 Å². The van der Waals surface area contributed by atoms with E-state index in [9.17, 15) is 14.3 Å². The van der Waals surface area contributed by atoms with E-state index in [-0.39, 0.29) is 10.9 Å². The van der Waals surface area contributed by atoms with Crippen LogP contribution in [0, 0.1) is 11.7 Å². The van der Waals surface area contributed by atoms with Gasteiger partial charge in [0.1, 0.15) is 5.82 Å². The van der Waals surface area contributed by atoms with E-state index in [2.05, 4.69) is 9.64 Å². The van der Waals surface area contributed by atoms with Crippen molar-refractivity contribution in [2.75, 3.05) is 20.2 Å². The van der Waals surface area contributed by atoms with Gasteiger partial charge in [-0.15, -0.1) is 0 Å². The van der Waals surface area contributed by atoms with Crippen molar-refractivity contribution in [3.05, 3.63) is 34.6 Å². The van der Waals surface area contributed by atoms with Crippen LogP contribution >= 0.6 is 11.6 Å². The molecule has 116 valence electrons. The number of aliphatic hydroxyl groups excluding tert-OH is 1. The Hall–Kier alpha value is -1.17. The van der Waals surface area contributed by atoms with Crippen molar-refractivity contribution in [2.45, 2.75) is 25.5 Å². The largest absolute Gasteiger partial charge is 0.467 e. The van der Waals surface area contributed by atoms with Gasteiger partial charge in [0, 0.05) is 6.54 Å². The van der Waals surface area contributed by atoms with Gasteiger partial charge in [0.15, 0.2) is 6.10 Å². The van der Waals surface area contributed by atoms with Crippen LogP contribution in [0.3, 0.4) is 0 Å². The van der Waals surface area contributed by atoms with Crippen LogP contribution in [-0.4, -0.2) is 42.3 Å². The summed E-state index contributed by atoms with van der Waals surface area (Å²) in [5.74, 6) is -1.06. The molecule has 6 heteroatoms. The lowest BCUT2D eigenvalue weighted by Gasteiger charge is -2.33. The van der Waals surface area contributed by atoms with Gasteiger partial charge < -0.3 is 9.84 Å². The van der Waals surface area contributed by atoms with Crippen molar-refractivity contribution in [1.82, 2.24) is 4.90 Å². The molecule has 21 heavy (non-hydrogen) atoms. The van der Waals surface area contributed by atoms with Gasteiger partial charge in [-0.05, 0) is 49.5 Å². The van der Waals surface area contributed by atoms with Crippen LogP contribution in [0.4, 0.5) is 4.39 Å². The SMILES string of the molecule is COC(=O)[C@H](O)C1CCN(Cc2ccc(Cl)c(F)c2)CC1. The van der Waals surface area contributed by atoms with Crippen LogP contribution in [0.15, 0.2) is 18.2 Å². The lowest BCUT2D eigenvalue weighted by Crippen LogP contribution is -2.40. The maximum absolute atomic E-state index is 13.4. The first-order valence-electron chi connectivity index (χ1n) is 6.93. The van der Waals surface area contributed by atoms with Crippen molar-refractivity contribution in [3.63, 3.8) is 0 Å². The summed E-state index contributed by atoms with van der Waals surface area (Å²) in [4.78, 5) is 13.5. The number of halogens is 2. The highest BCUT2D eigenvalue weighted by molar-refractivity contribution is 6.30. The zero-order valence-corrected chi connectivity index (χ0v) is 12.6. The molecule has 1 fully saturated rings. The molecule has 0 amide bonds. The van der Waals surface area contributed by atoms with Gasteiger partial charge in [-0.2, -0.15) is 0 Å². The molecule has 0 aromatic heterocycles. The first-order valence-corrected chi connectivity index (χ1v) is 7.31. The van der Waals surface area contributed by atoms with Crippen molar-refractivity contribution in [2.24, 2.45) is 5.92 Å². The van der Waals surface area contributed by atoms with Crippen LogP contribution in [0.25, 0.3) is 0 Å². The van der Waals surface area contributed by atoms with Gasteiger partial charge in [0.2, 0.25) is 0 Å². The second-order valence-corrected chi connectivity index (χ2v) is 5.74. The molecular weight excluding hydrogens is 297 g/mol. The predicted octanol–water partition coefficient (Wildman–Crippen LogP) is 2.22.